The van der Waals surface area contributed by atoms with Crippen molar-refractivity contribution in [2.75, 3.05) is 0 Å². The molecule has 0 aromatic heterocycles. The number of nitrogens with one attached hydrogen (secondary N) is 1. The largest absolute Gasteiger partial charge is 0.489 e. The maximum atomic E-state index is 12.8. The summed E-state index contributed by atoms with van der Waals surface area (Å²) in [5.41, 5.74) is 8.98. The lowest BCUT2D eigenvalue weighted by Gasteiger charge is -2.29. The highest BCUT2D eigenvalue weighted by Gasteiger charge is 2.40. The van der Waals surface area contributed by atoms with Crippen molar-refractivity contribution in [2.45, 2.75) is 38.6 Å². The molecular formula is C21H22ClN3O4. The molecule has 1 atom stereocenters. The van der Waals surface area contributed by atoms with Crippen LogP contribution in [0.25, 0.3) is 0 Å². The molecule has 0 saturated carbocycles. The van der Waals surface area contributed by atoms with E-state index in [1.807, 2.05) is 30.3 Å². The fourth-order valence-corrected chi connectivity index (χ4v) is 3.63. The number of rotatable bonds is 5. The average molecular weight is 416 g/mol. The van der Waals surface area contributed by atoms with E-state index in [0.29, 0.717) is 37.4 Å². The first-order chi connectivity index (χ1) is 13.6. The van der Waals surface area contributed by atoms with Crippen LogP contribution in [0.15, 0.2) is 42.5 Å². The first-order valence-corrected chi connectivity index (χ1v) is 9.24. The molecule has 1 unspecified atom stereocenters. The highest BCUT2D eigenvalue weighted by Crippen LogP contribution is 2.33. The predicted octanol–water partition coefficient (Wildman–Crippen LogP) is 1.91. The number of ether oxygens (including phenoxy) is 1. The van der Waals surface area contributed by atoms with Crippen molar-refractivity contribution in [3.05, 3.63) is 64.7 Å². The Balaban J connectivity index is 0.00000240. The topological polar surface area (TPSA) is 102 Å². The maximum absolute atomic E-state index is 12.8. The Labute approximate surface area is 174 Å². The minimum atomic E-state index is -0.630. The van der Waals surface area contributed by atoms with E-state index in [4.69, 9.17) is 10.5 Å². The Kier molecular flexibility index (Phi) is 6.20. The highest BCUT2D eigenvalue weighted by molar-refractivity contribution is 6.05. The van der Waals surface area contributed by atoms with Gasteiger partial charge >= 0.3 is 0 Å². The number of nitrogens with two attached hydrogens (primary N) is 1. The zero-order valence-electron chi connectivity index (χ0n) is 15.7. The smallest absolute Gasteiger partial charge is 0.255 e. The average Bonchev–Trinajstić information content (AvgIpc) is 3.04. The van der Waals surface area contributed by atoms with E-state index >= 15 is 0 Å². The van der Waals surface area contributed by atoms with Crippen LogP contribution in [-0.2, 0) is 29.3 Å². The predicted molar refractivity (Wildman–Crippen MR) is 108 cm³/mol. The molecule has 3 N–H and O–H groups in total. The summed E-state index contributed by atoms with van der Waals surface area (Å²) in [4.78, 5) is 37.9. The van der Waals surface area contributed by atoms with Crippen LogP contribution in [0.4, 0.5) is 0 Å². The van der Waals surface area contributed by atoms with Crippen LogP contribution in [0, 0.1) is 0 Å². The number of nitrogens with zero attached hydrogens (tertiary/aromatic N) is 1. The number of fused-ring (bicyclic) bond motifs is 1. The Morgan fingerprint density at radius 2 is 1.79 bits per heavy atom. The summed E-state index contributed by atoms with van der Waals surface area (Å²) in [5.74, 6) is -0.291. The number of carbonyl (C=O) groups is 3. The van der Waals surface area contributed by atoms with Gasteiger partial charge in [-0.3, -0.25) is 19.7 Å². The third kappa shape index (κ3) is 4.11. The molecule has 7 nitrogen and oxygen atoms in total. The van der Waals surface area contributed by atoms with Gasteiger partial charge in [0.25, 0.3) is 5.91 Å². The lowest BCUT2D eigenvalue weighted by molar-refractivity contribution is -0.136. The van der Waals surface area contributed by atoms with E-state index in [0.717, 1.165) is 16.7 Å². The standard InChI is InChI=1S/C21H21N3O4.ClH/c22-10-13-4-6-14(7-5-13)12-28-18-3-1-2-15-16(18)11-24(21(15)27)17-8-9-19(25)23-20(17)26;/h1-7,17H,8-12,22H2,(H,23,25,26);1H. The molecule has 1 saturated heterocycles. The van der Waals surface area contributed by atoms with Gasteiger partial charge in [-0.1, -0.05) is 30.3 Å². The minimum Gasteiger partial charge on any atom is -0.489 e. The summed E-state index contributed by atoms with van der Waals surface area (Å²) in [7, 11) is 0. The van der Waals surface area contributed by atoms with Crippen LogP contribution in [0.5, 0.6) is 5.75 Å². The van der Waals surface area contributed by atoms with E-state index in [-0.39, 0.29) is 30.6 Å². The van der Waals surface area contributed by atoms with Crippen LogP contribution in [0.3, 0.4) is 0 Å². The van der Waals surface area contributed by atoms with E-state index < -0.39 is 11.9 Å². The van der Waals surface area contributed by atoms with Crippen molar-refractivity contribution in [1.29, 1.82) is 0 Å². The summed E-state index contributed by atoms with van der Waals surface area (Å²) >= 11 is 0. The Morgan fingerprint density at radius 1 is 1.07 bits per heavy atom. The Hall–Kier alpha value is -2.90. The molecule has 0 radical (unpaired) electrons. The molecule has 2 aliphatic heterocycles. The van der Waals surface area contributed by atoms with Gasteiger partial charge in [0.05, 0.1) is 6.54 Å². The van der Waals surface area contributed by atoms with E-state index in [2.05, 4.69) is 5.32 Å². The number of imide groups is 1. The SMILES string of the molecule is Cl.NCc1ccc(COc2cccc3c2CN(C2CCC(=O)NC2=O)C3=O)cc1. The number of carbonyl (C=O) groups excluding carboxylic acids is 3. The van der Waals surface area contributed by atoms with Crippen molar-refractivity contribution in [3.63, 3.8) is 0 Å². The number of hydrogen-bond donors (Lipinski definition) is 2. The number of amides is 3. The van der Waals surface area contributed by atoms with Crippen molar-refractivity contribution >= 4 is 30.1 Å². The first-order valence-electron chi connectivity index (χ1n) is 9.24. The van der Waals surface area contributed by atoms with Gasteiger partial charge in [0.2, 0.25) is 11.8 Å². The fourth-order valence-electron chi connectivity index (χ4n) is 3.63. The Bertz CT molecular complexity index is 945. The summed E-state index contributed by atoms with van der Waals surface area (Å²) in [6.07, 6.45) is 0.576. The molecule has 4 rings (SSSR count). The van der Waals surface area contributed by atoms with Crippen LogP contribution >= 0.6 is 12.4 Å². The third-order valence-corrected chi connectivity index (χ3v) is 5.19. The number of halogens is 1. The molecule has 2 heterocycles. The van der Waals surface area contributed by atoms with Gasteiger partial charge in [0.15, 0.2) is 0 Å². The van der Waals surface area contributed by atoms with Gasteiger partial charge < -0.3 is 15.4 Å². The van der Waals surface area contributed by atoms with Gasteiger partial charge in [-0.2, -0.15) is 0 Å². The zero-order valence-corrected chi connectivity index (χ0v) is 16.5. The van der Waals surface area contributed by atoms with E-state index in [1.54, 1.807) is 12.1 Å². The third-order valence-electron chi connectivity index (χ3n) is 5.19. The van der Waals surface area contributed by atoms with E-state index in [1.165, 1.54) is 4.90 Å². The molecule has 152 valence electrons. The zero-order chi connectivity index (χ0) is 19.7. The molecule has 0 bridgehead atoms. The molecule has 2 aromatic rings. The first kappa shape index (κ1) is 20.8. The second-order valence-electron chi connectivity index (χ2n) is 6.99. The molecule has 2 aromatic carbocycles. The number of piperidine rings is 1. The molecule has 29 heavy (non-hydrogen) atoms. The lowest BCUT2D eigenvalue weighted by Crippen LogP contribution is -2.52. The quantitative estimate of drug-likeness (QED) is 0.726. The highest BCUT2D eigenvalue weighted by atomic mass is 35.5. The molecule has 1 fully saturated rings. The van der Waals surface area contributed by atoms with Gasteiger partial charge in [0, 0.05) is 24.1 Å². The van der Waals surface area contributed by atoms with Crippen LogP contribution < -0.4 is 15.8 Å². The second-order valence-corrected chi connectivity index (χ2v) is 6.99. The number of benzene rings is 2. The molecule has 8 heteroatoms. The summed E-state index contributed by atoms with van der Waals surface area (Å²) in [6.45, 7) is 1.16. The lowest BCUT2D eigenvalue weighted by atomic mass is 10.0. The number of hydrogen-bond acceptors (Lipinski definition) is 5. The van der Waals surface area contributed by atoms with Crippen molar-refractivity contribution in [2.24, 2.45) is 5.73 Å². The summed E-state index contributed by atoms with van der Waals surface area (Å²) in [5, 5.41) is 2.31. The van der Waals surface area contributed by atoms with Gasteiger partial charge in [-0.15, -0.1) is 12.4 Å². The summed E-state index contributed by atoms with van der Waals surface area (Å²) in [6, 6.07) is 12.6. The molecule has 3 amide bonds. The summed E-state index contributed by atoms with van der Waals surface area (Å²) < 4.78 is 5.97. The van der Waals surface area contributed by atoms with Crippen molar-refractivity contribution in [1.82, 2.24) is 10.2 Å². The van der Waals surface area contributed by atoms with Crippen LogP contribution in [-0.4, -0.2) is 28.7 Å². The van der Waals surface area contributed by atoms with Crippen molar-refractivity contribution < 1.29 is 19.1 Å². The van der Waals surface area contributed by atoms with Crippen molar-refractivity contribution in [3.8, 4) is 5.75 Å². The molecule has 0 spiro atoms. The molecule has 0 aliphatic carbocycles. The fraction of sp³-hybridized carbons (Fsp3) is 0.286. The van der Waals surface area contributed by atoms with E-state index in [9.17, 15) is 14.4 Å². The van der Waals surface area contributed by atoms with Gasteiger partial charge in [0.1, 0.15) is 18.4 Å². The second kappa shape index (κ2) is 8.63. The van der Waals surface area contributed by atoms with Crippen LogP contribution in [0.2, 0.25) is 0 Å². The molecular weight excluding hydrogens is 394 g/mol. The minimum absolute atomic E-state index is 0. The van der Waals surface area contributed by atoms with Gasteiger partial charge in [-0.05, 0) is 29.7 Å². The normalized spacial score (nSPS) is 18.2. The van der Waals surface area contributed by atoms with Crippen LogP contribution in [0.1, 0.15) is 39.9 Å². The van der Waals surface area contributed by atoms with Gasteiger partial charge in [-0.25, -0.2) is 0 Å². The maximum Gasteiger partial charge on any atom is 0.255 e. The monoisotopic (exact) mass is 415 g/mol. The molecule has 2 aliphatic rings. The Morgan fingerprint density at radius 3 is 2.48 bits per heavy atom.